The molecule has 0 aliphatic rings. The van der Waals surface area contributed by atoms with E-state index in [9.17, 15) is 19.8 Å². The van der Waals surface area contributed by atoms with Gasteiger partial charge in [0.15, 0.2) is 0 Å². The molecule has 7 nitrogen and oxygen atoms in total. The molecule has 0 saturated carbocycles. The first-order chi connectivity index (χ1) is 9.95. The van der Waals surface area contributed by atoms with Gasteiger partial charge in [0.25, 0.3) is 0 Å². The number of aliphatic hydroxyl groups is 2. The van der Waals surface area contributed by atoms with Crippen LogP contribution in [0.15, 0.2) is 29.2 Å². The summed E-state index contributed by atoms with van der Waals surface area (Å²) in [7, 11) is 0. The lowest BCUT2D eigenvalue weighted by molar-refractivity contribution is 0.0151. The molecular weight excluding hydrogens is 276 g/mol. The van der Waals surface area contributed by atoms with Crippen LogP contribution in [0.4, 0.5) is 0 Å². The molecule has 1 aromatic carbocycles. The molecule has 0 aliphatic carbocycles. The quantitative estimate of drug-likeness (QED) is 0.525. The number of nitrogens with two attached hydrogens (primary N) is 1. The second-order valence-corrected chi connectivity index (χ2v) is 4.73. The lowest BCUT2D eigenvalue weighted by Crippen LogP contribution is -2.22. The molecule has 0 radical (unpaired) electrons. The largest absolute Gasteiger partial charge is 0.477 e. The van der Waals surface area contributed by atoms with Crippen molar-refractivity contribution in [1.82, 2.24) is 4.98 Å². The standard InChI is InChI=1S/C14H16N2O5/c15-4-3-11(17)12(18)7-1-2-8-10(5-7)16-6-9(13(8)19)14(20)21/h1-2,5-6,11-12,17-18H,3-4,15H2,(H,16,19)(H,20,21). The molecule has 2 aromatic rings. The van der Waals surface area contributed by atoms with Gasteiger partial charge < -0.3 is 26.0 Å². The third-order valence-electron chi connectivity index (χ3n) is 3.30. The fourth-order valence-electron chi connectivity index (χ4n) is 2.13. The van der Waals surface area contributed by atoms with Gasteiger partial charge in [-0.3, -0.25) is 4.79 Å². The molecule has 7 heteroatoms. The molecule has 0 fully saturated rings. The van der Waals surface area contributed by atoms with E-state index in [-0.39, 0.29) is 23.9 Å². The van der Waals surface area contributed by atoms with Gasteiger partial charge >= 0.3 is 5.97 Å². The maximum atomic E-state index is 12.0. The Hall–Kier alpha value is -2.22. The van der Waals surface area contributed by atoms with Crippen molar-refractivity contribution in [3.63, 3.8) is 0 Å². The van der Waals surface area contributed by atoms with Crippen molar-refractivity contribution >= 4 is 16.9 Å². The minimum atomic E-state index is -1.30. The highest BCUT2D eigenvalue weighted by Crippen LogP contribution is 2.21. The second-order valence-electron chi connectivity index (χ2n) is 4.73. The van der Waals surface area contributed by atoms with Crippen molar-refractivity contribution < 1.29 is 20.1 Å². The number of carbonyl (C=O) groups is 1. The maximum absolute atomic E-state index is 12.0. The molecule has 112 valence electrons. The number of aromatic amines is 1. The molecule has 2 unspecified atom stereocenters. The number of carboxylic acid groups (broad SMARTS) is 1. The van der Waals surface area contributed by atoms with E-state index in [1.807, 2.05) is 0 Å². The molecule has 6 N–H and O–H groups in total. The van der Waals surface area contributed by atoms with Crippen LogP contribution in [0, 0.1) is 0 Å². The number of H-pyrrole nitrogens is 1. The third-order valence-corrected chi connectivity index (χ3v) is 3.30. The first kappa shape index (κ1) is 15.2. The van der Waals surface area contributed by atoms with E-state index in [0.717, 1.165) is 6.20 Å². The van der Waals surface area contributed by atoms with Gasteiger partial charge in [0.05, 0.1) is 6.10 Å². The highest BCUT2D eigenvalue weighted by Gasteiger charge is 2.19. The van der Waals surface area contributed by atoms with Crippen LogP contribution >= 0.6 is 0 Å². The van der Waals surface area contributed by atoms with Gasteiger partial charge in [-0.15, -0.1) is 0 Å². The Morgan fingerprint density at radius 1 is 1.33 bits per heavy atom. The number of fused-ring (bicyclic) bond motifs is 1. The van der Waals surface area contributed by atoms with Crippen LogP contribution in [-0.2, 0) is 0 Å². The first-order valence-corrected chi connectivity index (χ1v) is 6.40. The molecular formula is C14H16N2O5. The first-order valence-electron chi connectivity index (χ1n) is 6.40. The number of aliphatic hydroxyl groups excluding tert-OH is 2. The number of carboxylic acids is 1. The van der Waals surface area contributed by atoms with E-state index < -0.39 is 23.6 Å². The Kier molecular flexibility index (Phi) is 4.37. The van der Waals surface area contributed by atoms with Crippen molar-refractivity contribution in [3.05, 3.63) is 45.7 Å². The molecule has 0 bridgehead atoms. The molecule has 2 rings (SSSR count). The predicted octanol–water partition coefficient (Wildman–Crippen LogP) is -0.0306. The molecule has 0 spiro atoms. The smallest absolute Gasteiger partial charge is 0.341 e. The minimum absolute atomic E-state index is 0.208. The number of nitrogens with one attached hydrogen (secondary N) is 1. The molecule has 0 amide bonds. The third kappa shape index (κ3) is 2.94. The van der Waals surface area contributed by atoms with Crippen molar-refractivity contribution in [3.8, 4) is 0 Å². The summed E-state index contributed by atoms with van der Waals surface area (Å²) in [5.41, 5.74) is 5.19. The van der Waals surface area contributed by atoms with Gasteiger partial charge in [-0.2, -0.15) is 0 Å². The van der Waals surface area contributed by atoms with E-state index in [0.29, 0.717) is 11.1 Å². The second kappa shape index (κ2) is 6.04. The van der Waals surface area contributed by atoms with Gasteiger partial charge in [-0.1, -0.05) is 6.07 Å². The summed E-state index contributed by atoms with van der Waals surface area (Å²) >= 11 is 0. The number of hydrogen-bond donors (Lipinski definition) is 5. The number of aromatic carboxylic acids is 1. The zero-order valence-corrected chi connectivity index (χ0v) is 11.1. The monoisotopic (exact) mass is 292 g/mol. The number of aromatic nitrogens is 1. The van der Waals surface area contributed by atoms with Crippen LogP contribution in [0.1, 0.15) is 28.4 Å². The van der Waals surface area contributed by atoms with Crippen LogP contribution in [0.25, 0.3) is 10.9 Å². The summed E-state index contributed by atoms with van der Waals surface area (Å²) < 4.78 is 0. The average molecular weight is 292 g/mol. The Labute approximate surface area is 119 Å². The van der Waals surface area contributed by atoms with E-state index in [2.05, 4.69) is 4.98 Å². The van der Waals surface area contributed by atoms with Crippen LogP contribution in [0.3, 0.4) is 0 Å². The SMILES string of the molecule is NCCC(O)C(O)c1ccc2c(=O)c(C(=O)O)c[nH]c2c1. The van der Waals surface area contributed by atoms with Crippen molar-refractivity contribution in [2.24, 2.45) is 5.73 Å². The fourth-order valence-corrected chi connectivity index (χ4v) is 2.13. The lowest BCUT2D eigenvalue weighted by Gasteiger charge is -2.17. The number of rotatable bonds is 5. The van der Waals surface area contributed by atoms with Gasteiger partial charge in [0, 0.05) is 17.1 Å². The summed E-state index contributed by atoms with van der Waals surface area (Å²) in [6, 6.07) is 4.41. The normalized spacial score (nSPS) is 14.0. The summed E-state index contributed by atoms with van der Waals surface area (Å²) in [6.07, 6.45) is -0.772. The maximum Gasteiger partial charge on any atom is 0.341 e. The predicted molar refractivity (Wildman–Crippen MR) is 76.2 cm³/mol. The summed E-state index contributed by atoms with van der Waals surface area (Å²) in [4.78, 5) is 25.6. The topological polar surface area (TPSA) is 137 Å². The molecule has 0 saturated heterocycles. The van der Waals surface area contributed by atoms with E-state index in [1.54, 1.807) is 0 Å². The minimum Gasteiger partial charge on any atom is -0.477 e. The number of benzene rings is 1. The van der Waals surface area contributed by atoms with Gasteiger partial charge in [0.1, 0.15) is 11.7 Å². The van der Waals surface area contributed by atoms with Gasteiger partial charge in [0.2, 0.25) is 5.43 Å². The Bertz CT molecular complexity index is 725. The van der Waals surface area contributed by atoms with Crippen molar-refractivity contribution in [2.75, 3.05) is 6.54 Å². The highest BCUT2D eigenvalue weighted by atomic mass is 16.4. The van der Waals surface area contributed by atoms with E-state index in [4.69, 9.17) is 10.8 Å². The van der Waals surface area contributed by atoms with E-state index >= 15 is 0 Å². The Morgan fingerprint density at radius 3 is 2.67 bits per heavy atom. The zero-order valence-electron chi connectivity index (χ0n) is 11.1. The van der Waals surface area contributed by atoms with Crippen molar-refractivity contribution in [2.45, 2.75) is 18.6 Å². The number of pyridine rings is 1. The Morgan fingerprint density at radius 2 is 2.05 bits per heavy atom. The summed E-state index contributed by atoms with van der Waals surface area (Å²) in [5.74, 6) is -1.30. The van der Waals surface area contributed by atoms with E-state index in [1.165, 1.54) is 18.2 Å². The van der Waals surface area contributed by atoms with Gasteiger partial charge in [-0.05, 0) is 30.7 Å². The van der Waals surface area contributed by atoms with Gasteiger partial charge in [-0.25, -0.2) is 4.79 Å². The summed E-state index contributed by atoms with van der Waals surface area (Å²) in [5, 5.41) is 28.8. The van der Waals surface area contributed by atoms with Crippen LogP contribution in [0.5, 0.6) is 0 Å². The zero-order chi connectivity index (χ0) is 15.6. The molecule has 1 heterocycles. The van der Waals surface area contributed by atoms with Crippen LogP contribution in [0.2, 0.25) is 0 Å². The fraction of sp³-hybridized carbons (Fsp3) is 0.286. The Balaban J connectivity index is 2.46. The lowest BCUT2D eigenvalue weighted by atomic mass is 10.00. The molecule has 21 heavy (non-hydrogen) atoms. The molecule has 2 atom stereocenters. The van der Waals surface area contributed by atoms with Crippen molar-refractivity contribution in [1.29, 1.82) is 0 Å². The average Bonchev–Trinajstić information content (AvgIpc) is 2.46. The number of hydrogen-bond acceptors (Lipinski definition) is 5. The molecule has 1 aromatic heterocycles. The summed E-state index contributed by atoms with van der Waals surface area (Å²) in [6.45, 7) is 0.241. The highest BCUT2D eigenvalue weighted by molar-refractivity contribution is 5.92. The van der Waals surface area contributed by atoms with Crippen LogP contribution in [-0.4, -0.2) is 38.9 Å². The van der Waals surface area contributed by atoms with Crippen LogP contribution < -0.4 is 11.2 Å². The molecule has 0 aliphatic heterocycles.